The van der Waals surface area contributed by atoms with Gasteiger partial charge in [-0.05, 0) is 20.3 Å². The van der Waals surface area contributed by atoms with Crippen LogP contribution in [-0.2, 0) is 9.47 Å². The Morgan fingerprint density at radius 3 is 2.77 bits per heavy atom. The quantitative estimate of drug-likeness (QED) is 0.653. The van der Waals surface area contributed by atoms with E-state index in [4.69, 9.17) is 9.47 Å². The monoisotopic (exact) mass is 187 g/mol. The van der Waals surface area contributed by atoms with Crippen molar-refractivity contribution in [2.75, 3.05) is 20.3 Å². The van der Waals surface area contributed by atoms with E-state index in [1.165, 1.54) is 0 Å². The number of hydrogen-bond acceptors (Lipinski definition) is 3. The minimum atomic E-state index is -0.259. The van der Waals surface area contributed by atoms with Crippen molar-refractivity contribution in [1.29, 1.82) is 0 Å². The van der Waals surface area contributed by atoms with Gasteiger partial charge in [-0.3, -0.25) is 0 Å². The summed E-state index contributed by atoms with van der Waals surface area (Å²) in [7, 11) is 1.75. The van der Waals surface area contributed by atoms with Crippen LogP contribution in [-0.4, -0.2) is 43.4 Å². The smallest absolute Gasteiger partial charge is 0.410 e. The van der Waals surface area contributed by atoms with Gasteiger partial charge in [0.1, 0.15) is 0 Å². The molecule has 76 valence electrons. The molecule has 1 aliphatic rings. The van der Waals surface area contributed by atoms with Crippen LogP contribution in [0.3, 0.4) is 0 Å². The van der Waals surface area contributed by atoms with Crippen molar-refractivity contribution in [2.24, 2.45) is 0 Å². The van der Waals surface area contributed by atoms with Crippen molar-refractivity contribution >= 4 is 6.09 Å². The SMILES string of the molecule is CC(C)OC(=O)N(C)C1CCOC1. The number of likely N-dealkylation sites (N-methyl/N-ethyl adjacent to an activating group) is 1. The summed E-state index contributed by atoms with van der Waals surface area (Å²) in [4.78, 5) is 13.0. The van der Waals surface area contributed by atoms with E-state index >= 15 is 0 Å². The lowest BCUT2D eigenvalue weighted by Crippen LogP contribution is -2.38. The van der Waals surface area contributed by atoms with Crippen LogP contribution >= 0.6 is 0 Å². The van der Waals surface area contributed by atoms with Gasteiger partial charge in [-0.25, -0.2) is 4.79 Å². The molecule has 0 N–H and O–H groups in total. The van der Waals surface area contributed by atoms with Crippen LogP contribution in [0.15, 0.2) is 0 Å². The fourth-order valence-electron chi connectivity index (χ4n) is 1.26. The fraction of sp³-hybridized carbons (Fsp3) is 0.889. The average molecular weight is 187 g/mol. The van der Waals surface area contributed by atoms with Crippen LogP contribution in [0.4, 0.5) is 4.79 Å². The number of rotatable bonds is 2. The molecule has 4 nitrogen and oxygen atoms in total. The molecule has 13 heavy (non-hydrogen) atoms. The number of amides is 1. The maximum atomic E-state index is 11.4. The van der Waals surface area contributed by atoms with Crippen LogP contribution < -0.4 is 0 Å². The van der Waals surface area contributed by atoms with Gasteiger partial charge in [0.2, 0.25) is 0 Å². The summed E-state index contributed by atoms with van der Waals surface area (Å²) in [5, 5.41) is 0. The first-order valence-electron chi connectivity index (χ1n) is 4.62. The highest BCUT2D eigenvalue weighted by Crippen LogP contribution is 2.11. The lowest BCUT2D eigenvalue weighted by molar-refractivity contribution is 0.0690. The van der Waals surface area contributed by atoms with Crippen molar-refractivity contribution in [1.82, 2.24) is 4.90 Å². The van der Waals surface area contributed by atoms with E-state index in [0.717, 1.165) is 13.0 Å². The third-order valence-electron chi connectivity index (χ3n) is 2.08. The Morgan fingerprint density at radius 2 is 2.31 bits per heavy atom. The first-order valence-corrected chi connectivity index (χ1v) is 4.62. The topological polar surface area (TPSA) is 38.8 Å². The second kappa shape index (κ2) is 4.46. The standard InChI is InChI=1S/C9H17NO3/c1-7(2)13-9(11)10(3)8-4-5-12-6-8/h7-8H,4-6H2,1-3H3. The molecule has 1 aliphatic heterocycles. The lowest BCUT2D eigenvalue weighted by atomic mass is 10.2. The van der Waals surface area contributed by atoms with E-state index < -0.39 is 0 Å². The highest BCUT2D eigenvalue weighted by molar-refractivity contribution is 5.67. The Balaban J connectivity index is 2.36. The molecule has 0 saturated carbocycles. The van der Waals surface area contributed by atoms with E-state index in [1.807, 2.05) is 13.8 Å². The summed E-state index contributed by atoms with van der Waals surface area (Å²) in [6, 6.07) is 0.186. The predicted molar refractivity (Wildman–Crippen MR) is 48.6 cm³/mol. The molecule has 0 aromatic heterocycles. The van der Waals surface area contributed by atoms with E-state index in [2.05, 4.69) is 0 Å². The second-order valence-electron chi connectivity index (χ2n) is 3.56. The molecule has 4 heteroatoms. The number of carbonyl (C=O) groups excluding carboxylic acids is 1. The van der Waals surface area contributed by atoms with E-state index in [-0.39, 0.29) is 18.2 Å². The zero-order valence-corrected chi connectivity index (χ0v) is 8.45. The minimum absolute atomic E-state index is 0.0581. The molecule has 0 spiro atoms. The Hall–Kier alpha value is -0.770. The molecule has 1 unspecified atom stereocenters. The van der Waals surface area contributed by atoms with Crippen molar-refractivity contribution in [3.63, 3.8) is 0 Å². The van der Waals surface area contributed by atoms with Gasteiger partial charge in [0, 0.05) is 13.7 Å². The molecule has 0 bridgehead atoms. The summed E-state index contributed by atoms with van der Waals surface area (Å²) >= 11 is 0. The highest BCUT2D eigenvalue weighted by Gasteiger charge is 2.25. The van der Waals surface area contributed by atoms with Crippen molar-refractivity contribution < 1.29 is 14.3 Å². The first kappa shape index (κ1) is 10.3. The number of nitrogens with zero attached hydrogens (tertiary/aromatic N) is 1. The maximum Gasteiger partial charge on any atom is 0.410 e. The van der Waals surface area contributed by atoms with Crippen molar-refractivity contribution in [2.45, 2.75) is 32.4 Å². The molecule has 1 saturated heterocycles. The number of hydrogen-bond donors (Lipinski definition) is 0. The third-order valence-corrected chi connectivity index (χ3v) is 2.08. The van der Waals surface area contributed by atoms with Crippen LogP contribution in [0.1, 0.15) is 20.3 Å². The molecule has 0 aromatic carbocycles. The zero-order valence-electron chi connectivity index (χ0n) is 8.45. The van der Waals surface area contributed by atoms with Crippen LogP contribution in [0.2, 0.25) is 0 Å². The molecule has 1 rings (SSSR count). The summed E-state index contributed by atoms with van der Waals surface area (Å²) in [5.74, 6) is 0. The van der Waals surface area contributed by atoms with Gasteiger partial charge in [-0.2, -0.15) is 0 Å². The van der Waals surface area contributed by atoms with Crippen LogP contribution in [0.25, 0.3) is 0 Å². The first-order chi connectivity index (χ1) is 6.11. The summed E-state index contributed by atoms with van der Waals surface area (Å²) in [6.07, 6.45) is 0.590. The van der Waals surface area contributed by atoms with Crippen LogP contribution in [0.5, 0.6) is 0 Å². The van der Waals surface area contributed by atoms with E-state index in [1.54, 1.807) is 11.9 Å². The molecule has 1 heterocycles. The average Bonchev–Trinajstić information content (AvgIpc) is 2.53. The van der Waals surface area contributed by atoms with Gasteiger partial charge in [0.15, 0.2) is 0 Å². The molecule has 1 fully saturated rings. The van der Waals surface area contributed by atoms with Gasteiger partial charge in [-0.1, -0.05) is 0 Å². The van der Waals surface area contributed by atoms with Crippen molar-refractivity contribution in [3.8, 4) is 0 Å². The van der Waals surface area contributed by atoms with E-state index in [0.29, 0.717) is 6.61 Å². The Morgan fingerprint density at radius 1 is 1.62 bits per heavy atom. The molecule has 0 aliphatic carbocycles. The van der Waals surface area contributed by atoms with Crippen LogP contribution in [0, 0.1) is 0 Å². The Bertz CT molecular complexity index is 176. The molecular weight excluding hydrogens is 170 g/mol. The molecule has 0 aromatic rings. The highest BCUT2D eigenvalue weighted by atomic mass is 16.6. The van der Waals surface area contributed by atoms with Gasteiger partial charge in [-0.15, -0.1) is 0 Å². The van der Waals surface area contributed by atoms with Gasteiger partial charge < -0.3 is 14.4 Å². The number of ether oxygens (including phenoxy) is 2. The summed E-state index contributed by atoms with van der Waals surface area (Å²) in [6.45, 7) is 5.06. The normalized spacial score (nSPS) is 22.0. The van der Waals surface area contributed by atoms with Gasteiger partial charge in [0.25, 0.3) is 0 Å². The molecule has 0 radical (unpaired) electrons. The van der Waals surface area contributed by atoms with Gasteiger partial charge in [0.05, 0.1) is 18.8 Å². The molecule has 1 atom stereocenters. The van der Waals surface area contributed by atoms with Crippen molar-refractivity contribution in [3.05, 3.63) is 0 Å². The largest absolute Gasteiger partial charge is 0.447 e. The molecule has 1 amide bonds. The minimum Gasteiger partial charge on any atom is -0.447 e. The zero-order chi connectivity index (χ0) is 9.84. The van der Waals surface area contributed by atoms with Gasteiger partial charge >= 0.3 is 6.09 Å². The second-order valence-corrected chi connectivity index (χ2v) is 3.56. The Kier molecular flexibility index (Phi) is 3.54. The lowest BCUT2D eigenvalue weighted by Gasteiger charge is -2.23. The number of carbonyl (C=O) groups is 1. The predicted octanol–water partition coefficient (Wildman–Crippen LogP) is 1.25. The third kappa shape index (κ3) is 2.88. The summed E-state index contributed by atoms with van der Waals surface area (Å²) in [5.41, 5.74) is 0. The summed E-state index contributed by atoms with van der Waals surface area (Å²) < 4.78 is 10.2. The molecular formula is C9H17NO3. The Labute approximate surface area is 78.8 Å². The fourth-order valence-corrected chi connectivity index (χ4v) is 1.26. The van der Waals surface area contributed by atoms with E-state index in [9.17, 15) is 4.79 Å². The maximum absolute atomic E-state index is 11.4.